The Morgan fingerprint density at radius 3 is 1.64 bits per heavy atom. The summed E-state index contributed by atoms with van der Waals surface area (Å²) in [5, 5.41) is 18.0. The van der Waals surface area contributed by atoms with E-state index < -0.39 is 0 Å². The molecule has 1 rings (SSSR count). The van der Waals surface area contributed by atoms with Crippen LogP contribution in [-0.2, 0) is 0 Å². The summed E-state index contributed by atoms with van der Waals surface area (Å²) in [6.45, 7) is 0.312. The first-order chi connectivity index (χ1) is 4.83. The lowest BCUT2D eigenvalue weighted by Gasteiger charge is -2.33. The van der Waals surface area contributed by atoms with Gasteiger partial charge in [0.25, 0.3) is 0 Å². The number of hydrogen-bond acceptors (Lipinski definition) is 2. The smallest absolute Gasteiger partial charge is 0.0509 e. The minimum atomic E-state index is -0.127. The number of aliphatic hydroxyl groups is 2. The molecule has 1 unspecified atom stereocenters. The lowest BCUT2D eigenvalue weighted by molar-refractivity contribution is 0.0234. The largest absolute Gasteiger partial charge is 0.396 e. The Hall–Kier alpha value is 0.350. The monoisotopic (exact) mass is 178 g/mol. The Labute approximate surface area is 71.6 Å². The molecule has 0 aromatic rings. The first-order valence-corrected chi connectivity index (χ1v) is 4.05. The fraction of sp³-hybridized carbons (Fsp3) is 1.00. The quantitative estimate of drug-likeness (QED) is 0.619. The maximum absolute atomic E-state index is 8.98. The van der Waals surface area contributed by atoms with E-state index in [0.29, 0.717) is 0 Å². The van der Waals surface area contributed by atoms with Gasteiger partial charge in [0.15, 0.2) is 0 Å². The second-order valence-corrected chi connectivity index (χ2v) is 3.38. The van der Waals surface area contributed by atoms with Crippen LogP contribution in [0.4, 0.5) is 0 Å². The lowest BCUT2D eigenvalue weighted by atomic mass is 9.75. The van der Waals surface area contributed by atoms with Gasteiger partial charge in [-0.2, -0.15) is 9.90 Å². The highest BCUT2D eigenvalue weighted by molar-refractivity contribution is 6.92. The van der Waals surface area contributed by atoms with E-state index >= 15 is 0 Å². The molecule has 1 atom stereocenters. The average molecular weight is 178 g/mol. The van der Waals surface area contributed by atoms with Crippen LogP contribution in [0.5, 0.6) is 0 Å². The summed E-state index contributed by atoms with van der Waals surface area (Å²) in [5.74, 6) is 0. The van der Waals surface area contributed by atoms with Crippen LogP contribution in [0.2, 0.25) is 0 Å². The highest BCUT2D eigenvalue weighted by Gasteiger charge is 2.30. The van der Waals surface area contributed by atoms with Crippen molar-refractivity contribution in [3.05, 3.63) is 0 Å². The third-order valence-corrected chi connectivity index (χ3v) is 2.59. The molecule has 2 N–H and O–H groups in total. The maximum atomic E-state index is 8.98. The van der Waals surface area contributed by atoms with Crippen molar-refractivity contribution in [2.75, 3.05) is 13.2 Å². The van der Waals surface area contributed by atoms with E-state index in [2.05, 4.69) is 0 Å². The molecule has 1 fully saturated rings. The maximum Gasteiger partial charge on any atom is 0.0509 e. The van der Waals surface area contributed by atoms with Gasteiger partial charge in [0.1, 0.15) is 0 Å². The van der Waals surface area contributed by atoms with Gasteiger partial charge in [-0.25, -0.2) is 0 Å². The summed E-state index contributed by atoms with van der Waals surface area (Å²) >= 11 is 0. The van der Waals surface area contributed by atoms with E-state index in [1.165, 1.54) is 19.3 Å². The molecular formula is C8H19O2P. The number of hydrogen-bond donors (Lipinski definition) is 2. The molecular weight excluding hydrogens is 159 g/mol. The van der Waals surface area contributed by atoms with E-state index in [1.54, 1.807) is 0 Å². The van der Waals surface area contributed by atoms with Crippen LogP contribution in [0.25, 0.3) is 0 Å². The van der Waals surface area contributed by atoms with Gasteiger partial charge in [-0.3, -0.25) is 0 Å². The van der Waals surface area contributed by atoms with Crippen molar-refractivity contribution in [2.24, 2.45) is 5.41 Å². The third-order valence-electron chi connectivity index (χ3n) is 2.59. The van der Waals surface area contributed by atoms with Gasteiger partial charge in [-0.1, -0.05) is 19.3 Å². The number of rotatable bonds is 2. The van der Waals surface area contributed by atoms with E-state index in [9.17, 15) is 0 Å². The predicted octanol–water partition coefficient (Wildman–Crippen LogP) is 0.980. The van der Waals surface area contributed by atoms with E-state index in [4.69, 9.17) is 10.2 Å². The van der Waals surface area contributed by atoms with Crippen molar-refractivity contribution < 1.29 is 10.2 Å². The molecule has 68 valence electrons. The Bertz CT molecular complexity index is 94.3. The first-order valence-electron chi connectivity index (χ1n) is 4.05. The molecule has 0 aromatic heterocycles. The SMILES string of the molecule is OCC1(CO)CCCCC1.P. The van der Waals surface area contributed by atoms with Gasteiger partial charge >= 0.3 is 0 Å². The summed E-state index contributed by atoms with van der Waals surface area (Å²) in [6, 6.07) is 0. The van der Waals surface area contributed by atoms with Gasteiger partial charge in [-0.15, -0.1) is 0 Å². The normalized spacial score (nSPS) is 22.4. The van der Waals surface area contributed by atoms with Crippen LogP contribution < -0.4 is 0 Å². The highest BCUT2D eigenvalue weighted by atomic mass is 31.0. The molecule has 0 saturated heterocycles. The molecule has 1 aliphatic carbocycles. The Morgan fingerprint density at radius 2 is 1.36 bits per heavy atom. The zero-order valence-electron chi connectivity index (χ0n) is 7.05. The van der Waals surface area contributed by atoms with Crippen LogP contribution in [0.1, 0.15) is 32.1 Å². The van der Waals surface area contributed by atoms with Crippen molar-refractivity contribution >= 4 is 9.90 Å². The zero-order chi connectivity index (χ0) is 7.45. The molecule has 0 radical (unpaired) electrons. The first kappa shape index (κ1) is 11.4. The number of aliphatic hydroxyl groups excluding tert-OH is 2. The molecule has 3 heteroatoms. The van der Waals surface area contributed by atoms with Crippen molar-refractivity contribution in [3.8, 4) is 0 Å². The zero-order valence-corrected chi connectivity index (χ0v) is 8.47. The molecule has 0 aliphatic heterocycles. The van der Waals surface area contributed by atoms with E-state index in [1.807, 2.05) is 0 Å². The summed E-state index contributed by atoms with van der Waals surface area (Å²) in [5.41, 5.74) is -0.127. The molecule has 11 heavy (non-hydrogen) atoms. The Kier molecular flexibility index (Phi) is 5.24. The van der Waals surface area contributed by atoms with Crippen molar-refractivity contribution in [2.45, 2.75) is 32.1 Å². The standard InChI is InChI=1S/C8H16O2.H3P/c9-6-8(7-10)4-2-1-3-5-8;/h9-10H,1-7H2;1H3. The van der Waals surface area contributed by atoms with E-state index in [-0.39, 0.29) is 28.5 Å². The molecule has 1 saturated carbocycles. The second-order valence-electron chi connectivity index (χ2n) is 3.38. The van der Waals surface area contributed by atoms with Crippen LogP contribution in [0.3, 0.4) is 0 Å². The van der Waals surface area contributed by atoms with Gasteiger partial charge < -0.3 is 10.2 Å². The summed E-state index contributed by atoms with van der Waals surface area (Å²) < 4.78 is 0. The minimum Gasteiger partial charge on any atom is -0.396 e. The van der Waals surface area contributed by atoms with Gasteiger partial charge in [0, 0.05) is 5.41 Å². The van der Waals surface area contributed by atoms with Gasteiger partial charge in [0.2, 0.25) is 0 Å². The summed E-state index contributed by atoms with van der Waals surface area (Å²) in [6.07, 6.45) is 5.60. The molecule has 0 heterocycles. The van der Waals surface area contributed by atoms with Crippen molar-refractivity contribution in [3.63, 3.8) is 0 Å². The third kappa shape index (κ3) is 2.70. The molecule has 0 amide bonds. The average Bonchev–Trinajstić information content (AvgIpc) is 2.06. The Balaban J connectivity index is 0.000001000. The molecule has 0 spiro atoms. The highest BCUT2D eigenvalue weighted by Crippen LogP contribution is 2.34. The molecule has 2 nitrogen and oxygen atoms in total. The second kappa shape index (κ2) is 5.08. The van der Waals surface area contributed by atoms with Gasteiger partial charge in [-0.05, 0) is 12.8 Å². The fourth-order valence-corrected chi connectivity index (χ4v) is 1.67. The molecule has 1 aliphatic rings. The fourth-order valence-electron chi connectivity index (χ4n) is 1.67. The van der Waals surface area contributed by atoms with Crippen molar-refractivity contribution in [1.82, 2.24) is 0 Å². The van der Waals surface area contributed by atoms with Crippen LogP contribution in [0, 0.1) is 5.41 Å². The van der Waals surface area contributed by atoms with E-state index in [0.717, 1.165) is 12.8 Å². The van der Waals surface area contributed by atoms with Crippen LogP contribution >= 0.6 is 9.90 Å². The molecule has 0 aromatic carbocycles. The van der Waals surface area contributed by atoms with Gasteiger partial charge in [0.05, 0.1) is 13.2 Å². The van der Waals surface area contributed by atoms with Crippen LogP contribution in [-0.4, -0.2) is 23.4 Å². The summed E-state index contributed by atoms with van der Waals surface area (Å²) in [7, 11) is 0. The minimum absolute atomic E-state index is 0. The predicted molar refractivity (Wildman–Crippen MR) is 50.8 cm³/mol. The Morgan fingerprint density at radius 1 is 0.909 bits per heavy atom. The molecule has 0 bridgehead atoms. The summed E-state index contributed by atoms with van der Waals surface area (Å²) in [4.78, 5) is 0. The van der Waals surface area contributed by atoms with Crippen molar-refractivity contribution in [1.29, 1.82) is 0 Å². The van der Waals surface area contributed by atoms with Crippen LogP contribution in [0.15, 0.2) is 0 Å². The lowest BCUT2D eigenvalue weighted by Crippen LogP contribution is -2.31. The topological polar surface area (TPSA) is 40.5 Å².